The van der Waals surface area contributed by atoms with Crippen LogP contribution in [0.2, 0.25) is 0 Å². The number of aliphatic hydroxyl groups excluding tert-OH is 2. The summed E-state index contributed by atoms with van der Waals surface area (Å²) in [5, 5.41) is 47.4. The van der Waals surface area contributed by atoms with Crippen molar-refractivity contribution in [3.8, 4) is 5.75 Å². The number of ketones is 2. The van der Waals surface area contributed by atoms with Crippen LogP contribution in [0, 0.1) is 11.8 Å². The molecule has 0 spiro atoms. The molecule has 1 aromatic rings. The van der Waals surface area contributed by atoms with Gasteiger partial charge in [-0.3, -0.25) is 19.3 Å². The van der Waals surface area contributed by atoms with E-state index in [-0.39, 0.29) is 42.9 Å². The number of nitrogens with one attached hydrogen (secondary N) is 1. The third-order valence-electron chi connectivity index (χ3n) is 7.72. The van der Waals surface area contributed by atoms with E-state index in [1.165, 1.54) is 4.90 Å². The lowest BCUT2D eigenvalue weighted by atomic mass is 9.57. The topological polar surface area (TPSA) is 203 Å². The minimum atomic E-state index is -2.66. The fraction of sp³-hybridized carbons (Fsp3) is 0.480. The van der Waals surface area contributed by atoms with Gasteiger partial charge in [0, 0.05) is 43.4 Å². The zero-order valence-electron chi connectivity index (χ0n) is 21.2. The van der Waals surface area contributed by atoms with E-state index in [2.05, 4.69) is 5.32 Å². The van der Waals surface area contributed by atoms with Crippen molar-refractivity contribution >= 4 is 28.9 Å². The molecule has 0 bridgehead atoms. The number of aliphatic hydroxyl groups is 3. The molecule has 12 nitrogen and oxygen atoms in total. The number of anilines is 1. The molecular weight excluding hydrogens is 482 g/mol. The Hall–Kier alpha value is -3.45. The number of benzene rings is 1. The lowest BCUT2D eigenvalue weighted by Gasteiger charge is -2.50. The van der Waals surface area contributed by atoms with Crippen molar-refractivity contribution in [1.82, 2.24) is 10.2 Å². The maximum absolute atomic E-state index is 14.0. The van der Waals surface area contributed by atoms with Crippen molar-refractivity contribution in [2.24, 2.45) is 23.3 Å². The largest absolute Gasteiger partial charge is 0.508 e. The van der Waals surface area contributed by atoms with Gasteiger partial charge in [0.2, 0.25) is 5.78 Å². The molecule has 1 fully saturated rings. The number of carbonyl (C=O) groups excluding carboxylic acids is 3. The molecule has 9 N–H and O–H groups in total. The van der Waals surface area contributed by atoms with E-state index >= 15 is 0 Å². The molecular formula is C25H33N5O7. The molecule has 3 aliphatic carbocycles. The fourth-order valence-electron chi connectivity index (χ4n) is 6.06. The number of phenols is 1. The highest BCUT2D eigenvalue weighted by molar-refractivity contribution is 6.25. The van der Waals surface area contributed by atoms with Gasteiger partial charge in [-0.1, -0.05) is 0 Å². The zero-order chi connectivity index (χ0) is 27.6. The fourth-order valence-corrected chi connectivity index (χ4v) is 6.06. The number of aromatic hydroxyl groups is 1. The molecule has 4 atom stereocenters. The Morgan fingerprint density at radius 3 is 2.35 bits per heavy atom. The smallest absolute Gasteiger partial charge is 0.259 e. The summed E-state index contributed by atoms with van der Waals surface area (Å²) in [6.07, 6.45) is 0.260. The first kappa shape index (κ1) is 26.6. The van der Waals surface area contributed by atoms with Gasteiger partial charge in [0.15, 0.2) is 11.4 Å². The molecule has 0 saturated heterocycles. The summed E-state index contributed by atoms with van der Waals surface area (Å²) in [6.45, 7) is -0.366. The van der Waals surface area contributed by atoms with E-state index in [9.17, 15) is 34.8 Å². The van der Waals surface area contributed by atoms with Gasteiger partial charge in [0.05, 0.1) is 18.3 Å². The molecule has 1 amide bonds. The van der Waals surface area contributed by atoms with E-state index < -0.39 is 58.0 Å². The molecule has 0 aromatic heterocycles. The van der Waals surface area contributed by atoms with Gasteiger partial charge in [0.25, 0.3) is 5.91 Å². The van der Waals surface area contributed by atoms with Crippen molar-refractivity contribution in [3.05, 3.63) is 39.7 Å². The van der Waals surface area contributed by atoms with Crippen LogP contribution in [0.4, 0.5) is 5.69 Å². The Balaban J connectivity index is 1.99. The summed E-state index contributed by atoms with van der Waals surface area (Å²) in [7, 11) is 6.74. The second kappa shape index (κ2) is 9.14. The number of phenolic OH excluding ortho intramolecular Hbond substituents is 1. The van der Waals surface area contributed by atoms with Gasteiger partial charge in [-0.15, -0.1) is 0 Å². The van der Waals surface area contributed by atoms with Crippen LogP contribution < -0.4 is 21.7 Å². The third kappa shape index (κ3) is 3.62. The van der Waals surface area contributed by atoms with E-state index in [0.29, 0.717) is 16.8 Å². The highest BCUT2D eigenvalue weighted by atomic mass is 16.3. The maximum atomic E-state index is 14.0. The number of likely N-dealkylation sites (N-methyl/N-ethyl adjacent to an activating group) is 1. The SMILES string of the molecule is CN(C)c1cc(CN)c(O)c2c1CC1CC3[C@H](N(C)C)C(=O)C(C(=O)NCN)=C(O)[C@@]3(O)C(=O)C1=C2O. The van der Waals surface area contributed by atoms with Gasteiger partial charge >= 0.3 is 0 Å². The number of Topliss-reactive ketones (excluding diaryl/α,β-unsaturated/α-hetero) is 2. The molecule has 2 unspecified atom stereocenters. The van der Waals surface area contributed by atoms with Crippen molar-refractivity contribution in [1.29, 1.82) is 0 Å². The molecule has 1 saturated carbocycles. The minimum Gasteiger partial charge on any atom is -0.508 e. The maximum Gasteiger partial charge on any atom is 0.259 e. The summed E-state index contributed by atoms with van der Waals surface area (Å²) < 4.78 is 0. The van der Waals surface area contributed by atoms with Gasteiger partial charge < -0.3 is 42.1 Å². The van der Waals surface area contributed by atoms with Crippen LogP contribution >= 0.6 is 0 Å². The van der Waals surface area contributed by atoms with Gasteiger partial charge in [-0.05, 0) is 44.5 Å². The van der Waals surface area contributed by atoms with E-state index in [0.717, 1.165) is 0 Å². The Labute approximate surface area is 213 Å². The van der Waals surface area contributed by atoms with Crippen LogP contribution in [0.3, 0.4) is 0 Å². The van der Waals surface area contributed by atoms with Crippen molar-refractivity contribution in [2.45, 2.75) is 31.0 Å². The molecule has 0 heterocycles. The molecule has 37 heavy (non-hydrogen) atoms. The van der Waals surface area contributed by atoms with Crippen molar-refractivity contribution in [2.75, 3.05) is 39.8 Å². The highest BCUT2D eigenvalue weighted by Crippen LogP contribution is 2.54. The minimum absolute atomic E-state index is 0.0261. The summed E-state index contributed by atoms with van der Waals surface area (Å²) >= 11 is 0. The van der Waals surface area contributed by atoms with E-state index in [1.54, 1.807) is 39.2 Å². The van der Waals surface area contributed by atoms with Crippen molar-refractivity contribution in [3.63, 3.8) is 0 Å². The molecule has 1 aromatic carbocycles. The summed E-state index contributed by atoms with van der Waals surface area (Å²) in [4.78, 5) is 43.3. The average molecular weight is 516 g/mol. The van der Waals surface area contributed by atoms with Gasteiger partial charge in [-0.2, -0.15) is 0 Å². The summed E-state index contributed by atoms with van der Waals surface area (Å²) in [5.74, 6) is -6.42. The number of rotatable bonds is 5. The van der Waals surface area contributed by atoms with E-state index in [1.807, 2.05) is 0 Å². The molecule has 4 rings (SSSR count). The first-order valence-electron chi connectivity index (χ1n) is 11.9. The Bertz CT molecular complexity index is 1270. The number of fused-ring (bicyclic) bond motifs is 3. The van der Waals surface area contributed by atoms with Crippen LogP contribution in [0.25, 0.3) is 5.76 Å². The van der Waals surface area contributed by atoms with Crippen LogP contribution in [-0.2, 0) is 27.3 Å². The third-order valence-corrected chi connectivity index (χ3v) is 7.72. The normalized spacial score (nSPS) is 27.2. The lowest BCUT2D eigenvalue weighted by Crippen LogP contribution is -2.66. The standard InChI is InChI=1S/C25H33N5O7/c1-29(2)14-7-11(8-26)19(31)16-12(14)5-10-6-13-18(30(3)4)21(33)17(24(36)28-9-27)23(35)25(13,37)22(34)15(10)20(16)32/h7,10,13,18,31-32,35,37H,5-6,8-9,26-27H2,1-4H3,(H,28,36)/t10?,13?,18-,25-/m0/s1. The number of hydrogen-bond acceptors (Lipinski definition) is 11. The lowest BCUT2D eigenvalue weighted by molar-refractivity contribution is -0.153. The van der Waals surface area contributed by atoms with E-state index in [4.69, 9.17) is 11.5 Å². The first-order chi connectivity index (χ1) is 17.3. The molecule has 3 aliphatic rings. The van der Waals surface area contributed by atoms with Crippen LogP contribution in [0.5, 0.6) is 5.75 Å². The monoisotopic (exact) mass is 515 g/mol. The summed E-state index contributed by atoms with van der Waals surface area (Å²) in [6, 6.07) is 0.603. The van der Waals surface area contributed by atoms with Crippen LogP contribution in [0.15, 0.2) is 23.0 Å². The van der Waals surface area contributed by atoms with Gasteiger partial charge in [-0.25, -0.2) is 0 Å². The number of amides is 1. The number of nitrogens with two attached hydrogens (primary N) is 2. The second-order valence-corrected chi connectivity index (χ2v) is 10.2. The van der Waals surface area contributed by atoms with Crippen LogP contribution in [0.1, 0.15) is 23.1 Å². The predicted octanol–water partition coefficient (Wildman–Crippen LogP) is -0.964. The zero-order valence-corrected chi connectivity index (χ0v) is 21.2. The Morgan fingerprint density at radius 2 is 1.81 bits per heavy atom. The predicted molar refractivity (Wildman–Crippen MR) is 134 cm³/mol. The van der Waals surface area contributed by atoms with Crippen LogP contribution in [-0.4, -0.2) is 89.3 Å². The molecule has 0 aliphatic heterocycles. The Morgan fingerprint density at radius 1 is 1.16 bits per heavy atom. The average Bonchev–Trinajstić information content (AvgIpc) is 2.81. The number of nitrogens with zero attached hydrogens (tertiary/aromatic N) is 2. The number of hydrogen-bond donors (Lipinski definition) is 7. The second-order valence-electron chi connectivity index (χ2n) is 10.2. The highest BCUT2D eigenvalue weighted by Gasteiger charge is 2.64. The summed E-state index contributed by atoms with van der Waals surface area (Å²) in [5.41, 5.74) is 9.25. The van der Waals surface area contributed by atoms with Crippen molar-refractivity contribution < 1.29 is 34.8 Å². The quantitative estimate of drug-likeness (QED) is 0.188. The van der Waals surface area contributed by atoms with Gasteiger partial charge in [0.1, 0.15) is 22.8 Å². The Kier molecular flexibility index (Phi) is 6.57. The first-order valence-corrected chi connectivity index (χ1v) is 11.9. The molecule has 0 radical (unpaired) electrons. The number of carbonyl (C=O) groups is 3. The molecule has 200 valence electrons. The molecule has 12 heteroatoms.